The number of benzene rings is 1. The number of pyridine rings is 1. The molecule has 0 aliphatic heterocycles. The molecule has 3 rings (SSSR count). The first kappa shape index (κ1) is 18.1. The quantitative estimate of drug-likeness (QED) is 0.666. The van der Waals surface area contributed by atoms with Crippen LogP contribution in [0.25, 0.3) is 21.5 Å². The van der Waals surface area contributed by atoms with Crippen molar-refractivity contribution in [3.05, 3.63) is 40.8 Å². The van der Waals surface area contributed by atoms with Gasteiger partial charge in [0.2, 0.25) is 0 Å². The number of alkyl halides is 2. The Morgan fingerprint density at radius 2 is 1.96 bits per heavy atom. The summed E-state index contributed by atoms with van der Waals surface area (Å²) in [4.78, 5) is 16.1. The number of hydrogen-bond acceptors (Lipinski definition) is 5. The second-order valence-electron chi connectivity index (χ2n) is 5.71. The van der Waals surface area contributed by atoms with Crippen molar-refractivity contribution >= 4 is 33.2 Å². The van der Waals surface area contributed by atoms with E-state index in [1.807, 2.05) is 0 Å². The Hall–Kier alpha value is -2.74. The van der Waals surface area contributed by atoms with Crippen LogP contribution in [-0.4, -0.2) is 30.2 Å². The molecule has 0 saturated heterocycles. The maximum atomic E-state index is 14.3. The number of anilines is 1. The zero-order valence-corrected chi connectivity index (χ0v) is 15.1. The Kier molecular flexibility index (Phi) is 4.53. The van der Waals surface area contributed by atoms with Crippen molar-refractivity contribution in [1.82, 2.24) is 4.98 Å². The van der Waals surface area contributed by atoms with E-state index in [2.05, 4.69) is 10.3 Å². The smallest absolute Gasteiger partial charge is 0.348 e. The molecule has 0 aliphatic carbocycles. The molecule has 5 nitrogen and oxygen atoms in total. The van der Waals surface area contributed by atoms with E-state index in [9.17, 15) is 18.7 Å². The second kappa shape index (κ2) is 6.53. The molecule has 0 atom stereocenters. The van der Waals surface area contributed by atoms with Crippen molar-refractivity contribution in [2.45, 2.75) is 12.8 Å². The fraction of sp³-hybridized carbons (Fsp3) is 0.222. The number of ether oxygens (including phenoxy) is 1. The fourth-order valence-electron chi connectivity index (χ4n) is 2.74. The highest BCUT2D eigenvalue weighted by Crippen LogP contribution is 2.43. The van der Waals surface area contributed by atoms with Crippen molar-refractivity contribution in [2.75, 3.05) is 19.5 Å². The Morgan fingerprint density at radius 1 is 1.31 bits per heavy atom. The van der Waals surface area contributed by atoms with Crippen LogP contribution < -0.4 is 10.1 Å². The molecule has 26 heavy (non-hydrogen) atoms. The average molecular weight is 378 g/mol. The van der Waals surface area contributed by atoms with E-state index in [0.29, 0.717) is 17.0 Å². The van der Waals surface area contributed by atoms with Gasteiger partial charge in [0.05, 0.1) is 18.5 Å². The van der Waals surface area contributed by atoms with Crippen molar-refractivity contribution in [3.8, 4) is 17.0 Å². The third-order valence-electron chi connectivity index (χ3n) is 3.97. The minimum atomic E-state index is -3.16. The van der Waals surface area contributed by atoms with Crippen LogP contribution in [-0.2, 0) is 5.92 Å². The van der Waals surface area contributed by atoms with Gasteiger partial charge < -0.3 is 15.2 Å². The van der Waals surface area contributed by atoms with Crippen LogP contribution in [0.5, 0.6) is 5.75 Å². The summed E-state index contributed by atoms with van der Waals surface area (Å²) >= 11 is 0.872. The van der Waals surface area contributed by atoms with E-state index in [1.165, 1.54) is 20.2 Å². The zero-order valence-electron chi connectivity index (χ0n) is 14.3. The number of nitrogens with one attached hydrogen (secondary N) is 1. The molecule has 3 aromatic rings. The molecule has 0 bridgehead atoms. The van der Waals surface area contributed by atoms with Crippen LogP contribution in [0.3, 0.4) is 0 Å². The summed E-state index contributed by atoms with van der Waals surface area (Å²) in [6.07, 6.45) is 0. The summed E-state index contributed by atoms with van der Waals surface area (Å²) in [7, 11) is 3.04. The van der Waals surface area contributed by atoms with Gasteiger partial charge in [0.25, 0.3) is 5.92 Å². The predicted octanol–water partition coefficient (Wildman–Crippen LogP) is 4.82. The highest BCUT2D eigenvalue weighted by molar-refractivity contribution is 7.21. The average Bonchev–Trinajstić information content (AvgIpc) is 2.98. The van der Waals surface area contributed by atoms with Crippen molar-refractivity contribution in [3.63, 3.8) is 0 Å². The lowest BCUT2D eigenvalue weighted by Gasteiger charge is -2.15. The lowest BCUT2D eigenvalue weighted by molar-refractivity contribution is 0.0191. The molecule has 0 radical (unpaired) electrons. The maximum Gasteiger partial charge on any atom is 0.348 e. The molecule has 0 spiro atoms. The highest BCUT2D eigenvalue weighted by atomic mass is 32.1. The Morgan fingerprint density at radius 3 is 2.46 bits per heavy atom. The number of aromatic nitrogens is 1. The molecule has 0 fully saturated rings. The molecular weight excluding hydrogens is 362 g/mol. The second-order valence-corrected chi connectivity index (χ2v) is 6.71. The summed E-state index contributed by atoms with van der Waals surface area (Å²) in [5.74, 6) is -3.71. The molecule has 0 amide bonds. The molecule has 0 unspecified atom stereocenters. The number of methoxy groups -OCH3 is 1. The summed E-state index contributed by atoms with van der Waals surface area (Å²) in [5, 5.41) is 12.2. The van der Waals surface area contributed by atoms with Gasteiger partial charge >= 0.3 is 5.97 Å². The first-order chi connectivity index (χ1) is 12.3. The van der Waals surface area contributed by atoms with Gasteiger partial charge in [-0.1, -0.05) is 0 Å². The van der Waals surface area contributed by atoms with Crippen molar-refractivity contribution < 1.29 is 23.4 Å². The number of nitrogens with zero attached hydrogens (tertiary/aromatic N) is 1. The number of carboxylic acids is 1. The summed E-state index contributed by atoms with van der Waals surface area (Å²) in [6, 6.07) is 8.16. The molecule has 2 heterocycles. The lowest BCUT2D eigenvalue weighted by atomic mass is 10.0. The van der Waals surface area contributed by atoms with Crippen LogP contribution in [0.1, 0.15) is 22.2 Å². The number of halogens is 2. The number of rotatable bonds is 5. The van der Waals surface area contributed by atoms with E-state index in [-0.39, 0.29) is 26.3 Å². The standard InChI is InChI=1S/C18H16F2N2O3S/c1-18(19,20)11-8-12(9-4-6-10(25-3)7-5-9)22-16-13(11)14(21-2)15(26-16)17(23)24/h4-8,21H,1-3H3,(H,23,24). The fourth-order valence-corrected chi connectivity index (χ4v) is 3.79. The lowest BCUT2D eigenvalue weighted by Crippen LogP contribution is -2.09. The zero-order chi connectivity index (χ0) is 19.1. The molecule has 8 heteroatoms. The van der Waals surface area contributed by atoms with Crippen LogP contribution in [0, 0.1) is 0 Å². The first-order valence-electron chi connectivity index (χ1n) is 7.67. The van der Waals surface area contributed by atoms with Crippen molar-refractivity contribution in [2.24, 2.45) is 0 Å². The van der Waals surface area contributed by atoms with Crippen LogP contribution in [0.4, 0.5) is 14.5 Å². The predicted molar refractivity (Wildman–Crippen MR) is 97.7 cm³/mol. The first-order valence-corrected chi connectivity index (χ1v) is 8.49. The molecule has 2 aromatic heterocycles. The summed E-state index contributed by atoms with van der Waals surface area (Å²) in [5.41, 5.74) is 0.872. The SMILES string of the molecule is CNc1c(C(=O)O)sc2nc(-c3ccc(OC)cc3)cc(C(C)(F)F)c12. The van der Waals surface area contributed by atoms with Gasteiger partial charge in [0, 0.05) is 30.5 Å². The number of aromatic carboxylic acids is 1. The van der Waals surface area contributed by atoms with Gasteiger partial charge in [-0.15, -0.1) is 11.3 Å². The van der Waals surface area contributed by atoms with E-state index in [4.69, 9.17) is 4.74 Å². The Labute approximate surface area is 152 Å². The monoisotopic (exact) mass is 378 g/mol. The third-order valence-corrected chi connectivity index (χ3v) is 5.04. The van der Waals surface area contributed by atoms with Crippen molar-refractivity contribution in [1.29, 1.82) is 0 Å². The van der Waals surface area contributed by atoms with Crippen LogP contribution in [0.2, 0.25) is 0 Å². The Bertz CT molecular complexity index is 979. The molecule has 0 aliphatic rings. The topological polar surface area (TPSA) is 71.5 Å². The maximum absolute atomic E-state index is 14.3. The molecule has 0 saturated carbocycles. The van der Waals surface area contributed by atoms with Gasteiger partial charge in [-0.05, 0) is 30.3 Å². The number of carboxylic acid groups (broad SMARTS) is 1. The van der Waals surface area contributed by atoms with Gasteiger partial charge in [-0.25, -0.2) is 18.6 Å². The largest absolute Gasteiger partial charge is 0.497 e. The van der Waals surface area contributed by atoms with E-state index in [0.717, 1.165) is 18.3 Å². The Balaban J connectivity index is 2.32. The van der Waals surface area contributed by atoms with Gasteiger partial charge in [0.1, 0.15) is 15.5 Å². The van der Waals surface area contributed by atoms with Gasteiger partial charge in [-0.2, -0.15) is 0 Å². The van der Waals surface area contributed by atoms with Crippen LogP contribution in [0.15, 0.2) is 30.3 Å². The van der Waals surface area contributed by atoms with Gasteiger partial charge in [0.15, 0.2) is 0 Å². The normalized spacial score (nSPS) is 11.6. The molecule has 1 aromatic carbocycles. The minimum absolute atomic E-state index is 0.0487. The minimum Gasteiger partial charge on any atom is -0.497 e. The number of hydrogen-bond donors (Lipinski definition) is 2. The summed E-state index contributed by atoms with van der Waals surface area (Å²) < 4.78 is 33.7. The van der Waals surface area contributed by atoms with Crippen LogP contribution >= 0.6 is 11.3 Å². The number of thiophene rings is 1. The summed E-state index contributed by atoms with van der Waals surface area (Å²) in [6.45, 7) is 0.789. The highest BCUT2D eigenvalue weighted by Gasteiger charge is 2.32. The number of carbonyl (C=O) groups is 1. The third kappa shape index (κ3) is 3.08. The molecule has 2 N–H and O–H groups in total. The van der Waals surface area contributed by atoms with Gasteiger partial charge in [-0.3, -0.25) is 0 Å². The van der Waals surface area contributed by atoms with E-state index in [1.54, 1.807) is 24.3 Å². The molecule has 136 valence electrons. The van der Waals surface area contributed by atoms with E-state index >= 15 is 0 Å². The molecular formula is C18H16F2N2O3S. The van der Waals surface area contributed by atoms with E-state index < -0.39 is 11.9 Å². The number of fused-ring (bicyclic) bond motifs is 1.